The van der Waals surface area contributed by atoms with Gasteiger partial charge < -0.3 is 4.74 Å². The van der Waals surface area contributed by atoms with Crippen LogP contribution in [0.1, 0.15) is 17.4 Å². The molecule has 0 aromatic heterocycles. The van der Waals surface area contributed by atoms with E-state index in [0.717, 1.165) is 24.3 Å². The summed E-state index contributed by atoms with van der Waals surface area (Å²) in [5.41, 5.74) is 1.13. The molecule has 2 heteroatoms. The van der Waals surface area contributed by atoms with E-state index < -0.39 is 0 Å². The van der Waals surface area contributed by atoms with Crippen LogP contribution in [0.4, 0.5) is 0 Å². The first kappa shape index (κ1) is 6.99. The van der Waals surface area contributed by atoms with Crippen LogP contribution in [-0.4, -0.2) is 6.61 Å². The van der Waals surface area contributed by atoms with Gasteiger partial charge in [0.1, 0.15) is 5.75 Å². The molecule has 0 radical (unpaired) electrons. The van der Waals surface area contributed by atoms with Crippen molar-refractivity contribution in [2.24, 2.45) is 0 Å². The van der Waals surface area contributed by atoms with Gasteiger partial charge in [0, 0.05) is 12.0 Å². The van der Waals surface area contributed by atoms with Gasteiger partial charge in [0.2, 0.25) is 0 Å². The van der Waals surface area contributed by atoms with E-state index in [4.69, 9.17) is 16.3 Å². The monoisotopic (exact) mass is 168 g/mol. The minimum absolute atomic E-state index is 0.139. The summed E-state index contributed by atoms with van der Waals surface area (Å²) in [4.78, 5) is 0. The average molecular weight is 169 g/mol. The number of alkyl halides is 1. The Kier molecular flexibility index (Phi) is 1.74. The van der Waals surface area contributed by atoms with Crippen LogP contribution in [0.2, 0.25) is 0 Å². The molecule has 1 aliphatic rings. The van der Waals surface area contributed by atoms with Crippen molar-refractivity contribution >= 4 is 11.6 Å². The van der Waals surface area contributed by atoms with Gasteiger partial charge in [-0.1, -0.05) is 18.2 Å². The third-order valence-electron chi connectivity index (χ3n) is 1.89. The van der Waals surface area contributed by atoms with E-state index >= 15 is 0 Å². The lowest BCUT2D eigenvalue weighted by molar-refractivity contribution is 0.285. The number of ether oxygens (including phenoxy) is 1. The van der Waals surface area contributed by atoms with Crippen molar-refractivity contribution in [2.75, 3.05) is 6.61 Å². The van der Waals surface area contributed by atoms with Gasteiger partial charge in [-0.25, -0.2) is 0 Å². The highest BCUT2D eigenvalue weighted by Crippen LogP contribution is 2.35. The normalized spacial score (nSPS) is 22.1. The maximum Gasteiger partial charge on any atom is 0.123 e. The number of hydrogen-bond acceptors (Lipinski definition) is 1. The van der Waals surface area contributed by atoms with Gasteiger partial charge in [0.05, 0.1) is 12.0 Å². The summed E-state index contributed by atoms with van der Waals surface area (Å²) >= 11 is 6.07. The molecule has 2 rings (SSSR count). The first-order valence-corrected chi connectivity index (χ1v) is 4.17. The molecule has 0 aliphatic carbocycles. The van der Waals surface area contributed by atoms with Gasteiger partial charge in [-0.05, 0) is 6.07 Å². The molecule has 0 saturated heterocycles. The number of para-hydroxylation sites is 1. The maximum atomic E-state index is 6.07. The average Bonchev–Trinajstić information content (AvgIpc) is 2.06. The lowest BCUT2D eigenvalue weighted by Crippen LogP contribution is -2.09. The molecule has 11 heavy (non-hydrogen) atoms. The van der Waals surface area contributed by atoms with Crippen LogP contribution < -0.4 is 4.74 Å². The molecule has 0 amide bonds. The van der Waals surface area contributed by atoms with Crippen LogP contribution in [0.5, 0.6) is 5.75 Å². The third kappa shape index (κ3) is 1.21. The molecule has 1 aliphatic heterocycles. The SMILES string of the molecule is Cl[C@H]1CCOc2ccccc21. The Bertz CT molecular complexity index is 259. The van der Waals surface area contributed by atoms with Gasteiger partial charge in [-0.3, -0.25) is 0 Å². The topological polar surface area (TPSA) is 9.23 Å². The van der Waals surface area contributed by atoms with Gasteiger partial charge in [-0.15, -0.1) is 11.6 Å². The Labute approximate surface area is 70.9 Å². The van der Waals surface area contributed by atoms with Crippen LogP contribution in [0, 0.1) is 0 Å². The molecule has 0 spiro atoms. The van der Waals surface area contributed by atoms with Crippen LogP contribution in [0.15, 0.2) is 24.3 Å². The molecule has 1 nitrogen and oxygen atoms in total. The molecule has 1 aromatic rings. The zero-order chi connectivity index (χ0) is 7.68. The molecule has 0 fully saturated rings. The second-order valence-electron chi connectivity index (χ2n) is 2.64. The second kappa shape index (κ2) is 2.74. The molecular weight excluding hydrogens is 160 g/mol. The zero-order valence-corrected chi connectivity index (χ0v) is 6.84. The highest BCUT2D eigenvalue weighted by atomic mass is 35.5. The number of fused-ring (bicyclic) bond motifs is 1. The van der Waals surface area contributed by atoms with E-state index in [1.54, 1.807) is 0 Å². The van der Waals surface area contributed by atoms with Crippen LogP contribution in [-0.2, 0) is 0 Å². The fourth-order valence-electron chi connectivity index (χ4n) is 1.30. The number of hydrogen-bond donors (Lipinski definition) is 0. The van der Waals surface area contributed by atoms with Crippen molar-refractivity contribution in [2.45, 2.75) is 11.8 Å². The standard InChI is InChI=1S/C9H9ClO/c10-8-5-6-11-9-4-2-1-3-7(8)9/h1-4,8H,5-6H2/t8-/m0/s1. The molecule has 0 N–H and O–H groups in total. The second-order valence-corrected chi connectivity index (χ2v) is 3.17. The van der Waals surface area contributed by atoms with Gasteiger partial charge in [-0.2, -0.15) is 0 Å². The minimum atomic E-state index is 0.139. The highest BCUT2D eigenvalue weighted by Gasteiger charge is 2.17. The van der Waals surface area contributed by atoms with Gasteiger partial charge in [0.15, 0.2) is 0 Å². The summed E-state index contributed by atoms with van der Waals surface area (Å²) in [6, 6.07) is 7.94. The lowest BCUT2D eigenvalue weighted by Gasteiger charge is -2.20. The van der Waals surface area contributed by atoms with Crippen molar-refractivity contribution < 1.29 is 4.74 Å². The first-order valence-electron chi connectivity index (χ1n) is 3.74. The lowest BCUT2D eigenvalue weighted by atomic mass is 10.1. The van der Waals surface area contributed by atoms with Crippen LogP contribution in [0.25, 0.3) is 0 Å². The molecule has 0 saturated carbocycles. The van der Waals surface area contributed by atoms with Crippen molar-refractivity contribution in [3.05, 3.63) is 29.8 Å². The number of rotatable bonds is 0. The van der Waals surface area contributed by atoms with Crippen molar-refractivity contribution in [1.29, 1.82) is 0 Å². The molecule has 0 bridgehead atoms. The van der Waals surface area contributed by atoms with Crippen molar-refractivity contribution in [3.63, 3.8) is 0 Å². The van der Waals surface area contributed by atoms with Crippen LogP contribution in [0.3, 0.4) is 0 Å². The fourth-order valence-corrected chi connectivity index (χ4v) is 1.57. The molecule has 1 aromatic carbocycles. The Hall–Kier alpha value is -0.690. The van der Waals surface area contributed by atoms with E-state index in [0.29, 0.717) is 0 Å². The Morgan fingerprint density at radius 1 is 1.36 bits per heavy atom. The van der Waals surface area contributed by atoms with E-state index in [1.165, 1.54) is 0 Å². The van der Waals surface area contributed by atoms with Crippen molar-refractivity contribution in [1.82, 2.24) is 0 Å². The maximum absolute atomic E-state index is 6.07. The third-order valence-corrected chi connectivity index (χ3v) is 2.34. The summed E-state index contributed by atoms with van der Waals surface area (Å²) < 4.78 is 5.41. The summed E-state index contributed by atoms with van der Waals surface area (Å²) in [5, 5.41) is 0.139. The van der Waals surface area contributed by atoms with Gasteiger partial charge in [0.25, 0.3) is 0 Å². The summed E-state index contributed by atoms with van der Waals surface area (Å²) in [6.07, 6.45) is 0.915. The molecule has 0 unspecified atom stereocenters. The Morgan fingerprint density at radius 3 is 3.00 bits per heavy atom. The predicted molar refractivity (Wildman–Crippen MR) is 45.1 cm³/mol. The quantitative estimate of drug-likeness (QED) is 0.542. The van der Waals surface area contributed by atoms with E-state index in [1.807, 2.05) is 24.3 Å². The molecular formula is C9H9ClO. The van der Waals surface area contributed by atoms with E-state index in [9.17, 15) is 0 Å². The Morgan fingerprint density at radius 2 is 2.18 bits per heavy atom. The summed E-state index contributed by atoms with van der Waals surface area (Å²) in [6.45, 7) is 0.741. The predicted octanol–water partition coefficient (Wildman–Crippen LogP) is 2.75. The molecule has 1 atom stereocenters. The largest absolute Gasteiger partial charge is 0.493 e. The fraction of sp³-hybridized carbons (Fsp3) is 0.333. The summed E-state index contributed by atoms with van der Waals surface area (Å²) in [7, 11) is 0. The zero-order valence-electron chi connectivity index (χ0n) is 6.09. The van der Waals surface area contributed by atoms with E-state index in [-0.39, 0.29) is 5.38 Å². The van der Waals surface area contributed by atoms with Crippen molar-refractivity contribution in [3.8, 4) is 5.75 Å². The highest BCUT2D eigenvalue weighted by molar-refractivity contribution is 6.21. The number of benzene rings is 1. The molecule has 1 heterocycles. The molecule has 58 valence electrons. The number of halogens is 1. The summed E-state index contributed by atoms with van der Waals surface area (Å²) in [5.74, 6) is 0.943. The van der Waals surface area contributed by atoms with Gasteiger partial charge >= 0.3 is 0 Å². The smallest absolute Gasteiger partial charge is 0.123 e. The Balaban J connectivity index is 2.44. The minimum Gasteiger partial charge on any atom is -0.493 e. The first-order chi connectivity index (χ1) is 5.38. The van der Waals surface area contributed by atoms with Crippen LogP contribution >= 0.6 is 11.6 Å². The van der Waals surface area contributed by atoms with E-state index in [2.05, 4.69) is 0 Å².